The molecule has 162 valence electrons. The minimum atomic E-state index is -0.211. The molecule has 2 aliphatic carbocycles. The van der Waals surface area contributed by atoms with Gasteiger partial charge in [0.25, 0.3) is 0 Å². The van der Waals surface area contributed by atoms with Crippen LogP contribution >= 0.6 is 0 Å². The predicted molar refractivity (Wildman–Crippen MR) is 123 cm³/mol. The number of primary amides is 1. The van der Waals surface area contributed by atoms with Crippen molar-refractivity contribution in [3.63, 3.8) is 0 Å². The lowest BCUT2D eigenvalue weighted by Crippen LogP contribution is -2.41. The third kappa shape index (κ3) is 4.57. The number of carbonyl (C=O) groups is 1. The Balaban J connectivity index is 1.30. The fourth-order valence-corrected chi connectivity index (χ4v) is 4.02. The number of rotatable bonds is 7. The average molecular weight is 420 g/mol. The Labute approximate surface area is 182 Å². The van der Waals surface area contributed by atoms with Crippen LogP contribution in [0.15, 0.2) is 36.0 Å². The molecular weight excluding hydrogens is 390 g/mol. The molecule has 1 aromatic carbocycles. The van der Waals surface area contributed by atoms with Crippen LogP contribution in [0.25, 0.3) is 5.70 Å². The minimum absolute atomic E-state index is 0.0751. The molecule has 31 heavy (non-hydrogen) atoms. The second kappa shape index (κ2) is 8.09. The summed E-state index contributed by atoms with van der Waals surface area (Å²) in [4.78, 5) is 23.0. The molecule has 1 aromatic heterocycles. The highest BCUT2D eigenvalue weighted by Gasteiger charge is 2.26. The van der Waals surface area contributed by atoms with Crippen LogP contribution in [0.4, 0.5) is 23.1 Å². The van der Waals surface area contributed by atoms with Crippen molar-refractivity contribution in [1.82, 2.24) is 9.97 Å². The lowest BCUT2D eigenvalue weighted by atomic mass is 9.97. The number of carbonyl (C=O) groups excluding carboxylic acids is 1. The van der Waals surface area contributed by atoms with E-state index in [4.69, 9.17) is 16.5 Å². The van der Waals surface area contributed by atoms with E-state index >= 15 is 0 Å². The summed E-state index contributed by atoms with van der Waals surface area (Å²) >= 11 is 0. The molecule has 2 saturated carbocycles. The van der Waals surface area contributed by atoms with Crippen molar-refractivity contribution >= 4 is 34.7 Å². The fraction of sp³-hybridized carbons (Fsp3) is 0.435. The number of amides is 1. The van der Waals surface area contributed by atoms with Crippen molar-refractivity contribution in [1.29, 1.82) is 0 Å². The molecule has 3 fully saturated rings. The van der Waals surface area contributed by atoms with E-state index in [-0.39, 0.29) is 11.8 Å². The molecule has 1 aliphatic heterocycles. The maximum absolute atomic E-state index is 11.5. The molecule has 0 unspecified atom stereocenters. The van der Waals surface area contributed by atoms with Crippen LogP contribution in [-0.4, -0.2) is 35.0 Å². The highest BCUT2D eigenvalue weighted by molar-refractivity contribution is 5.78. The van der Waals surface area contributed by atoms with Crippen molar-refractivity contribution in [2.75, 3.05) is 28.6 Å². The van der Waals surface area contributed by atoms with E-state index in [1.165, 1.54) is 5.57 Å². The summed E-state index contributed by atoms with van der Waals surface area (Å²) in [6.07, 6.45) is 8.12. The highest BCUT2D eigenvalue weighted by atomic mass is 16.1. The van der Waals surface area contributed by atoms with Gasteiger partial charge in [0, 0.05) is 42.4 Å². The molecule has 1 saturated heterocycles. The molecule has 3 aliphatic rings. The Morgan fingerprint density at radius 1 is 1.10 bits per heavy atom. The van der Waals surface area contributed by atoms with Crippen LogP contribution in [0.5, 0.6) is 0 Å². The number of allylic oxidation sites excluding steroid dienone is 1. The summed E-state index contributed by atoms with van der Waals surface area (Å²) < 4.78 is 0. The van der Waals surface area contributed by atoms with E-state index in [0.717, 1.165) is 73.5 Å². The van der Waals surface area contributed by atoms with Gasteiger partial charge >= 0.3 is 0 Å². The van der Waals surface area contributed by atoms with Crippen LogP contribution in [0, 0.1) is 5.92 Å². The van der Waals surface area contributed by atoms with Crippen molar-refractivity contribution in [3.8, 4) is 0 Å². The first kappa shape index (κ1) is 19.7. The van der Waals surface area contributed by atoms with Gasteiger partial charge in [0.05, 0.1) is 11.5 Å². The predicted octanol–water partition coefficient (Wildman–Crippen LogP) is 2.96. The van der Waals surface area contributed by atoms with Crippen molar-refractivity contribution < 1.29 is 4.79 Å². The maximum atomic E-state index is 11.5. The largest absolute Gasteiger partial charge is 0.398 e. The van der Waals surface area contributed by atoms with Gasteiger partial charge in [-0.3, -0.25) is 4.79 Å². The smallest absolute Gasteiger partial charge is 0.229 e. The first-order valence-corrected chi connectivity index (χ1v) is 11.1. The normalized spacial score (nSPS) is 20.3. The zero-order chi connectivity index (χ0) is 21.4. The summed E-state index contributed by atoms with van der Waals surface area (Å²) in [6.45, 7) is 1.62. The molecule has 8 heteroatoms. The summed E-state index contributed by atoms with van der Waals surface area (Å²) in [5.41, 5.74) is 16.8. The number of nitrogens with two attached hydrogens (primary N) is 2. The molecule has 8 nitrogen and oxygen atoms in total. The molecule has 6 N–H and O–H groups in total. The van der Waals surface area contributed by atoms with E-state index in [1.54, 1.807) is 0 Å². The van der Waals surface area contributed by atoms with Crippen LogP contribution < -0.4 is 27.0 Å². The van der Waals surface area contributed by atoms with Crippen molar-refractivity contribution in [2.45, 2.75) is 44.6 Å². The van der Waals surface area contributed by atoms with E-state index in [1.807, 2.05) is 18.3 Å². The molecule has 0 bridgehead atoms. The van der Waals surface area contributed by atoms with Gasteiger partial charge < -0.3 is 27.0 Å². The Morgan fingerprint density at radius 3 is 2.55 bits per heavy atom. The third-order valence-electron chi connectivity index (χ3n) is 6.19. The first-order valence-electron chi connectivity index (χ1n) is 11.1. The van der Waals surface area contributed by atoms with E-state index in [0.29, 0.717) is 18.5 Å². The van der Waals surface area contributed by atoms with Crippen LogP contribution in [0.2, 0.25) is 0 Å². The Kier molecular flexibility index (Phi) is 5.13. The number of benzene rings is 1. The standard InChI is InChI=1S/C23H29N7O/c24-20(14-3-4-14)19-12-26-23(29-22(19)27-16-5-6-16)28-17-7-9-18(10-8-17)30-11-1-2-15(13-30)21(25)31/h7-10,12,15-16H,1-6,11,13,24H2,(H2,25,31)(H2,26,27,28,29)/t15-/m1/s1. The number of aromatic nitrogens is 2. The quantitative estimate of drug-likeness (QED) is 0.544. The van der Waals surface area contributed by atoms with Crippen LogP contribution in [-0.2, 0) is 4.79 Å². The molecular formula is C23H29N7O. The SMILES string of the molecule is NC(=O)[C@@H]1CCCN(c2ccc(Nc3ncc(C(N)=C4CC4)c(NC4CC4)n3)cc2)C1. The van der Waals surface area contributed by atoms with Gasteiger partial charge in [-0.25, -0.2) is 4.98 Å². The summed E-state index contributed by atoms with van der Waals surface area (Å²) in [6, 6.07) is 8.61. The maximum Gasteiger partial charge on any atom is 0.229 e. The lowest BCUT2D eigenvalue weighted by Gasteiger charge is -2.33. The Morgan fingerprint density at radius 2 is 1.87 bits per heavy atom. The fourth-order valence-electron chi connectivity index (χ4n) is 4.02. The lowest BCUT2D eigenvalue weighted by molar-refractivity contribution is -0.122. The summed E-state index contributed by atoms with van der Waals surface area (Å²) in [5.74, 6) is 1.06. The zero-order valence-corrected chi connectivity index (χ0v) is 17.6. The third-order valence-corrected chi connectivity index (χ3v) is 6.19. The molecule has 2 heterocycles. The van der Waals surface area contributed by atoms with Gasteiger partial charge in [-0.1, -0.05) is 0 Å². The van der Waals surface area contributed by atoms with Gasteiger partial charge in [-0.2, -0.15) is 4.98 Å². The van der Waals surface area contributed by atoms with E-state index < -0.39 is 0 Å². The van der Waals surface area contributed by atoms with Gasteiger partial charge in [0.15, 0.2) is 0 Å². The number of hydrogen-bond acceptors (Lipinski definition) is 7. The summed E-state index contributed by atoms with van der Waals surface area (Å²) in [5, 5.41) is 6.78. The number of anilines is 4. The second-order valence-corrected chi connectivity index (χ2v) is 8.75. The molecule has 0 spiro atoms. The number of piperidine rings is 1. The monoisotopic (exact) mass is 419 g/mol. The number of nitrogens with zero attached hydrogens (tertiary/aromatic N) is 3. The number of nitrogens with one attached hydrogen (secondary N) is 2. The molecule has 1 atom stereocenters. The van der Waals surface area contributed by atoms with Crippen molar-refractivity contribution in [3.05, 3.63) is 41.6 Å². The first-order chi connectivity index (χ1) is 15.1. The van der Waals surface area contributed by atoms with Crippen LogP contribution in [0.1, 0.15) is 44.1 Å². The Hall–Kier alpha value is -3.29. The molecule has 1 amide bonds. The minimum Gasteiger partial charge on any atom is -0.398 e. The number of hydrogen-bond donors (Lipinski definition) is 4. The van der Waals surface area contributed by atoms with E-state index in [2.05, 4.69) is 32.7 Å². The highest BCUT2D eigenvalue weighted by Crippen LogP contribution is 2.36. The zero-order valence-electron chi connectivity index (χ0n) is 17.6. The van der Waals surface area contributed by atoms with Gasteiger partial charge in [0.2, 0.25) is 11.9 Å². The average Bonchev–Trinajstić information content (AvgIpc) is 3.69. The van der Waals surface area contributed by atoms with Gasteiger partial charge in [-0.15, -0.1) is 0 Å². The van der Waals surface area contributed by atoms with Gasteiger partial charge in [-0.05, 0) is 68.4 Å². The van der Waals surface area contributed by atoms with Crippen LogP contribution in [0.3, 0.4) is 0 Å². The molecule has 5 rings (SSSR count). The Bertz CT molecular complexity index is 1010. The molecule has 2 aromatic rings. The van der Waals surface area contributed by atoms with Crippen molar-refractivity contribution in [2.24, 2.45) is 17.4 Å². The summed E-state index contributed by atoms with van der Waals surface area (Å²) in [7, 11) is 0. The van der Waals surface area contributed by atoms with E-state index in [9.17, 15) is 4.79 Å². The topological polar surface area (TPSA) is 122 Å². The van der Waals surface area contributed by atoms with Gasteiger partial charge in [0.1, 0.15) is 5.82 Å². The molecule has 0 radical (unpaired) electrons. The second-order valence-electron chi connectivity index (χ2n) is 8.75.